The molecule has 1 aliphatic carbocycles. The Labute approximate surface area is 93.6 Å². The van der Waals surface area contributed by atoms with E-state index in [0.29, 0.717) is 0 Å². The van der Waals surface area contributed by atoms with Crippen LogP contribution in [0.15, 0.2) is 0 Å². The zero-order chi connectivity index (χ0) is 10.5. The van der Waals surface area contributed by atoms with Crippen LogP contribution in [0.2, 0.25) is 0 Å². The summed E-state index contributed by atoms with van der Waals surface area (Å²) in [5.41, 5.74) is 0. The minimum absolute atomic E-state index is 0.933. The Bertz CT molecular complexity index is 219. The van der Waals surface area contributed by atoms with Crippen LogP contribution in [0, 0.1) is 18.3 Å². The number of unbranched alkanes of at least 4 members (excludes halogenated alkanes) is 1. The topological polar surface area (TPSA) is 6.48 Å². The van der Waals surface area contributed by atoms with Gasteiger partial charge in [-0.3, -0.25) is 0 Å². The number of hydrogen-bond donors (Lipinski definition) is 0. The van der Waals surface area contributed by atoms with Crippen LogP contribution in [-0.2, 0) is 0 Å². The maximum atomic E-state index is 5.25. The molecule has 0 atom stereocenters. The van der Waals surface area contributed by atoms with Gasteiger partial charge in [0.25, 0.3) is 0 Å². The molecular weight excluding hydrogens is 184 g/mol. The Morgan fingerprint density at radius 1 is 1.07 bits per heavy atom. The molecule has 2 aliphatic rings. The standard InChI is InChI=1S/C13H22N2/c1-2-3-4-7-14-8-10-15(11-9-14)12-13-5-6-13/h1,13H,3-12H2. The number of rotatable bonds is 5. The molecule has 2 rings (SSSR count). The van der Waals surface area contributed by atoms with E-state index in [-0.39, 0.29) is 0 Å². The van der Waals surface area contributed by atoms with Crippen LogP contribution in [0.1, 0.15) is 25.7 Å². The number of nitrogens with zero attached hydrogens (tertiary/aromatic N) is 2. The lowest BCUT2D eigenvalue weighted by Gasteiger charge is -2.34. The van der Waals surface area contributed by atoms with Crippen LogP contribution in [0.4, 0.5) is 0 Å². The second-order valence-corrected chi connectivity index (χ2v) is 4.89. The van der Waals surface area contributed by atoms with Gasteiger partial charge in [-0.05, 0) is 31.7 Å². The zero-order valence-electron chi connectivity index (χ0n) is 9.62. The first-order valence-corrected chi connectivity index (χ1v) is 6.26. The second kappa shape index (κ2) is 5.53. The van der Waals surface area contributed by atoms with E-state index >= 15 is 0 Å². The van der Waals surface area contributed by atoms with Crippen LogP contribution >= 0.6 is 0 Å². The van der Waals surface area contributed by atoms with Gasteiger partial charge in [-0.2, -0.15) is 0 Å². The quantitative estimate of drug-likeness (QED) is 0.496. The van der Waals surface area contributed by atoms with Crippen LogP contribution in [-0.4, -0.2) is 49.1 Å². The van der Waals surface area contributed by atoms with E-state index in [1.165, 1.54) is 58.5 Å². The van der Waals surface area contributed by atoms with Crippen molar-refractivity contribution in [1.82, 2.24) is 9.80 Å². The second-order valence-electron chi connectivity index (χ2n) is 4.89. The molecule has 0 spiro atoms. The molecule has 0 aromatic rings. The van der Waals surface area contributed by atoms with Gasteiger partial charge in [0.15, 0.2) is 0 Å². The van der Waals surface area contributed by atoms with E-state index in [0.717, 1.165) is 12.3 Å². The summed E-state index contributed by atoms with van der Waals surface area (Å²) in [6.45, 7) is 7.59. The molecule has 1 saturated heterocycles. The van der Waals surface area contributed by atoms with Gasteiger partial charge >= 0.3 is 0 Å². The summed E-state index contributed by atoms with van der Waals surface area (Å²) in [5.74, 6) is 3.75. The lowest BCUT2D eigenvalue weighted by molar-refractivity contribution is 0.128. The zero-order valence-corrected chi connectivity index (χ0v) is 9.62. The van der Waals surface area contributed by atoms with Gasteiger partial charge in [0.2, 0.25) is 0 Å². The third-order valence-corrected chi connectivity index (χ3v) is 3.47. The SMILES string of the molecule is C#CCCCN1CCN(CC2CC2)CC1. The van der Waals surface area contributed by atoms with Gasteiger partial charge in [-0.1, -0.05) is 0 Å². The fourth-order valence-electron chi connectivity index (χ4n) is 2.27. The molecule has 0 bridgehead atoms. The highest BCUT2D eigenvalue weighted by Gasteiger charge is 2.25. The number of hydrogen-bond acceptors (Lipinski definition) is 2. The average Bonchev–Trinajstić information content (AvgIpc) is 3.05. The predicted octanol–water partition coefficient (Wildman–Crippen LogP) is 1.43. The van der Waals surface area contributed by atoms with Crippen molar-refractivity contribution in [1.29, 1.82) is 0 Å². The van der Waals surface area contributed by atoms with Gasteiger partial charge in [-0.15, -0.1) is 12.3 Å². The highest BCUT2D eigenvalue weighted by Crippen LogP contribution is 2.29. The first-order valence-electron chi connectivity index (χ1n) is 6.26. The van der Waals surface area contributed by atoms with Crippen LogP contribution < -0.4 is 0 Å². The van der Waals surface area contributed by atoms with Gasteiger partial charge in [0.05, 0.1) is 0 Å². The molecule has 1 heterocycles. The Kier molecular flexibility index (Phi) is 4.05. The fourth-order valence-corrected chi connectivity index (χ4v) is 2.27. The van der Waals surface area contributed by atoms with Crippen molar-refractivity contribution < 1.29 is 0 Å². The molecule has 0 N–H and O–H groups in total. The predicted molar refractivity (Wildman–Crippen MR) is 63.7 cm³/mol. The molecule has 0 amide bonds. The third-order valence-electron chi connectivity index (χ3n) is 3.47. The number of piperazine rings is 1. The Balaban J connectivity index is 1.57. The van der Waals surface area contributed by atoms with Crippen molar-refractivity contribution in [2.75, 3.05) is 39.3 Å². The van der Waals surface area contributed by atoms with E-state index < -0.39 is 0 Å². The minimum atomic E-state index is 0.933. The first-order chi connectivity index (χ1) is 7.38. The molecule has 2 fully saturated rings. The van der Waals surface area contributed by atoms with Crippen LogP contribution in [0.25, 0.3) is 0 Å². The van der Waals surface area contributed by atoms with Gasteiger partial charge < -0.3 is 9.80 Å². The Morgan fingerprint density at radius 3 is 2.33 bits per heavy atom. The maximum Gasteiger partial charge on any atom is 0.0110 e. The van der Waals surface area contributed by atoms with E-state index in [4.69, 9.17) is 6.42 Å². The van der Waals surface area contributed by atoms with Gasteiger partial charge in [0.1, 0.15) is 0 Å². The molecule has 2 heteroatoms. The molecule has 0 aromatic heterocycles. The van der Waals surface area contributed by atoms with Crippen molar-refractivity contribution in [3.8, 4) is 12.3 Å². The lowest BCUT2D eigenvalue weighted by atomic mass is 10.2. The molecule has 84 valence electrons. The van der Waals surface area contributed by atoms with Crippen LogP contribution in [0.3, 0.4) is 0 Å². The molecule has 0 aromatic carbocycles. The monoisotopic (exact) mass is 206 g/mol. The van der Waals surface area contributed by atoms with Crippen molar-refractivity contribution in [2.45, 2.75) is 25.7 Å². The normalized spacial score (nSPS) is 23.9. The largest absolute Gasteiger partial charge is 0.301 e. The molecular formula is C13H22N2. The smallest absolute Gasteiger partial charge is 0.0110 e. The molecule has 15 heavy (non-hydrogen) atoms. The molecule has 1 aliphatic heterocycles. The maximum absolute atomic E-state index is 5.25. The van der Waals surface area contributed by atoms with Crippen molar-refractivity contribution >= 4 is 0 Å². The highest BCUT2D eigenvalue weighted by molar-refractivity contribution is 4.84. The molecule has 1 saturated carbocycles. The summed E-state index contributed by atoms with van der Waals surface area (Å²) >= 11 is 0. The fraction of sp³-hybridized carbons (Fsp3) is 0.846. The summed E-state index contributed by atoms with van der Waals surface area (Å²) in [5, 5.41) is 0. The summed E-state index contributed by atoms with van der Waals surface area (Å²) in [6, 6.07) is 0. The third kappa shape index (κ3) is 3.85. The number of terminal acetylenes is 1. The van der Waals surface area contributed by atoms with E-state index in [1.54, 1.807) is 0 Å². The molecule has 0 radical (unpaired) electrons. The molecule has 2 nitrogen and oxygen atoms in total. The van der Waals surface area contributed by atoms with Crippen molar-refractivity contribution in [2.24, 2.45) is 5.92 Å². The van der Waals surface area contributed by atoms with Gasteiger partial charge in [0, 0.05) is 39.1 Å². The van der Waals surface area contributed by atoms with E-state index in [9.17, 15) is 0 Å². The summed E-state index contributed by atoms with van der Waals surface area (Å²) in [4.78, 5) is 5.19. The van der Waals surface area contributed by atoms with Crippen molar-refractivity contribution in [3.63, 3.8) is 0 Å². The minimum Gasteiger partial charge on any atom is -0.301 e. The van der Waals surface area contributed by atoms with Crippen molar-refractivity contribution in [3.05, 3.63) is 0 Å². The highest BCUT2D eigenvalue weighted by atomic mass is 15.3. The summed E-state index contributed by atoms with van der Waals surface area (Å²) < 4.78 is 0. The van der Waals surface area contributed by atoms with Gasteiger partial charge in [-0.25, -0.2) is 0 Å². The van der Waals surface area contributed by atoms with E-state index in [2.05, 4.69) is 15.7 Å². The lowest BCUT2D eigenvalue weighted by Crippen LogP contribution is -2.47. The Hall–Kier alpha value is -0.520. The Morgan fingerprint density at radius 2 is 1.73 bits per heavy atom. The summed E-state index contributed by atoms with van der Waals surface area (Å²) in [6.07, 6.45) is 10.3. The van der Waals surface area contributed by atoms with E-state index in [1.807, 2.05) is 0 Å². The molecule has 0 unspecified atom stereocenters. The van der Waals surface area contributed by atoms with Crippen LogP contribution in [0.5, 0.6) is 0 Å². The average molecular weight is 206 g/mol. The summed E-state index contributed by atoms with van der Waals surface area (Å²) in [7, 11) is 0. The first kappa shape index (κ1) is 11.0.